The van der Waals surface area contributed by atoms with Gasteiger partial charge < -0.3 is 9.64 Å². The number of ether oxygens (including phenoxy) is 1. The number of nitrogens with zero attached hydrogens (tertiary/aromatic N) is 5. The lowest BCUT2D eigenvalue weighted by molar-refractivity contribution is -0.133. The van der Waals surface area contributed by atoms with Crippen molar-refractivity contribution >= 4 is 29.4 Å². The lowest BCUT2D eigenvalue weighted by atomic mass is 10.1. The van der Waals surface area contributed by atoms with Crippen molar-refractivity contribution in [1.82, 2.24) is 24.5 Å². The van der Waals surface area contributed by atoms with Crippen LogP contribution in [0.4, 0.5) is 4.39 Å². The number of fused-ring (bicyclic) bond motifs is 1. The van der Waals surface area contributed by atoms with Crippen LogP contribution in [-0.4, -0.2) is 50.0 Å². The summed E-state index contributed by atoms with van der Waals surface area (Å²) in [4.78, 5) is 35.3. The topological polar surface area (TPSA) is 89.7 Å². The molecule has 0 saturated heterocycles. The molecule has 0 saturated carbocycles. The van der Waals surface area contributed by atoms with Crippen molar-refractivity contribution in [2.75, 3.05) is 13.7 Å². The molecule has 0 aliphatic heterocycles. The van der Waals surface area contributed by atoms with Gasteiger partial charge in [-0.05, 0) is 37.6 Å². The minimum absolute atomic E-state index is 0.0795. The largest absolute Gasteiger partial charge is 0.452 e. The Labute approximate surface area is 206 Å². The first kappa shape index (κ1) is 24.3. The maximum Gasteiger partial charge on any atom is 0.338 e. The zero-order chi connectivity index (χ0) is 24.9. The van der Waals surface area contributed by atoms with Crippen LogP contribution < -0.4 is 0 Å². The molecule has 0 radical (unpaired) electrons. The van der Waals surface area contributed by atoms with Crippen molar-refractivity contribution in [3.8, 4) is 0 Å². The Morgan fingerprint density at radius 2 is 1.77 bits per heavy atom. The second kappa shape index (κ2) is 10.6. The van der Waals surface area contributed by atoms with Crippen LogP contribution in [0.5, 0.6) is 0 Å². The van der Waals surface area contributed by atoms with Crippen LogP contribution in [0.15, 0.2) is 59.8 Å². The molecule has 0 bridgehead atoms. The van der Waals surface area contributed by atoms with Crippen molar-refractivity contribution in [2.45, 2.75) is 31.3 Å². The van der Waals surface area contributed by atoms with Crippen LogP contribution in [0.2, 0.25) is 0 Å². The highest BCUT2D eigenvalue weighted by Gasteiger charge is 2.18. The lowest BCUT2D eigenvalue weighted by Crippen LogP contribution is -2.31. The molecule has 0 aliphatic rings. The SMILES string of the molecule is Cc1cc(C)n2nc(SCc3ccccc3C(=O)OCC(=O)N(C)Cc3ccccc3F)nc2n1. The molecule has 0 N–H and O–H groups in total. The zero-order valence-electron chi connectivity index (χ0n) is 19.6. The fourth-order valence-electron chi connectivity index (χ4n) is 3.48. The molecule has 2 aromatic heterocycles. The molecule has 0 atom stereocenters. The van der Waals surface area contributed by atoms with Gasteiger partial charge in [-0.25, -0.2) is 18.7 Å². The summed E-state index contributed by atoms with van der Waals surface area (Å²) in [6, 6.07) is 15.2. The zero-order valence-corrected chi connectivity index (χ0v) is 20.4. The third kappa shape index (κ3) is 5.83. The van der Waals surface area contributed by atoms with E-state index in [1.54, 1.807) is 34.8 Å². The van der Waals surface area contributed by atoms with Gasteiger partial charge in [-0.15, -0.1) is 5.10 Å². The van der Waals surface area contributed by atoms with Crippen molar-refractivity contribution in [2.24, 2.45) is 0 Å². The lowest BCUT2D eigenvalue weighted by Gasteiger charge is -2.18. The number of thioether (sulfide) groups is 1. The van der Waals surface area contributed by atoms with Crippen LogP contribution >= 0.6 is 11.8 Å². The second-order valence-electron chi connectivity index (χ2n) is 8.01. The number of carbonyl (C=O) groups is 2. The Morgan fingerprint density at radius 3 is 2.54 bits per heavy atom. The van der Waals surface area contributed by atoms with Gasteiger partial charge in [0, 0.05) is 36.3 Å². The summed E-state index contributed by atoms with van der Waals surface area (Å²) in [7, 11) is 1.53. The molecule has 0 fully saturated rings. The van der Waals surface area contributed by atoms with E-state index >= 15 is 0 Å². The summed E-state index contributed by atoms with van der Waals surface area (Å²) in [5.74, 6) is -0.473. The fraction of sp³-hybridized carbons (Fsp3) is 0.240. The van der Waals surface area contributed by atoms with Gasteiger partial charge in [-0.1, -0.05) is 48.2 Å². The highest BCUT2D eigenvalue weighted by molar-refractivity contribution is 7.98. The molecule has 8 nitrogen and oxygen atoms in total. The molecule has 2 aromatic carbocycles. The predicted octanol–water partition coefficient (Wildman–Crippen LogP) is 3.99. The molecule has 180 valence electrons. The number of benzene rings is 2. The van der Waals surface area contributed by atoms with Gasteiger partial charge in [0.1, 0.15) is 5.82 Å². The van der Waals surface area contributed by atoms with Crippen LogP contribution in [-0.2, 0) is 21.8 Å². The van der Waals surface area contributed by atoms with E-state index in [2.05, 4.69) is 15.1 Å². The van der Waals surface area contributed by atoms with Crippen LogP contribution in [0.25, 0.3) is 5.78 Å². The number of rotatable bonds is 8. The number of esters is 1. The maximum atomic E-state index is 13.8. The third-order valence-electron chi connectivity index (χ3n) is 5.31. The number of carbonyl (C=O) groups excluding carboxylic acids is 2. The predicted molar refractivity (Wildman–Crippen MR) is 129 cm³/mol. The van der Waals surface area contributed by atoms with E-state index in [1.165, 1.54) is 29.8 Å². The van der Waals surface area contributed by atoms with E-state index in [4.69, 9.17) is 4.74 Å². The molecular formula is C25H24FN5O3S. The van der Waals surface area contributed by atoms with Crippen LogP contribution in [0.3, 0.4) is 0 Å². The second-order valence-corrected chi connectivity index (χ2v) is 8.95. The third-order valence-corrected chi connectivity index (χ3v) is 6.20. The highest BCUT2D eigenvalue weighted by atomic mass is 32.2. The van der Waals surface area contributed by atoms with Crippen molar-refractivity contribution in [3.05, 3.63) is 88.5 Å². The van der Waals surface area contributed by atoms with E-state index in [1.807, 2.05) is 32.0 Å². The molecular weight excluding hydrogens is 469 g/mol. The molecule has 35 heavy (non-hydrogen) atoms. The van der Waals surface area contributed by atoms with Gasteiger partial charge in [-0.3, -0.25) is 4.79 Å². The summed E-state index contributed by atoms with van der Waals surface area (Å²) in [6.45, 7) is 3.48. The van der Waals surface area contributed by atoms with Gasteiger partial charge >= 0.3 is 5.97 Å². The number of hydrogen-bond acceptors (Lipinski definition) is 7. The molecule has 4 aromatic rings. The standard InChI is InChI=1S/C25H24FN5O3S/c1-16-12-17(2)31-24(27-16)28-25(29-31)35-15-19-9-4-6-10-20(19)23(33)34-14-22(32)30(3)13-18-8-5-7-11-21(18)26/h4-12H,13-15H2,1-3H3. The van der Waals surface area contributed by atoms with Crippen molar-refractivity contribution in [1.29, 1.82) is 0 Å². The number of hydrogen-bond donors (Lipinski definition) is 0. The van der Waals surface area contributed by atoms with Gasteiger partial charge in [0.25, 0.3) is 11.7 Å². The van der Waals surface area contributed by atoms with E-state index in [-0.39, 0.29) is 6.54 Å². The number of likely N-dealkylation sites (N-methyl/N-ethyl adjacent to an activating group) is 1. The van der Waals surface area contributed by atoms with Gasteiger partial charge in [0.15, 0.2) is 6.61 Å². The Morgan fingerprint density at radius 1 is 1.06 bits per heavy atom. The average molecular weight is 494 g/mol. The minimum atomic E-state index is -0.607. The van der Waals surface area contributed by atoms with E-state index in [0.29, 0.717) is 27.8 Å². The average Bonchev–Trinajstić information content (AvgIpc) is 3.26. The number of aryl methyl sites for hydroxylation is 2. The monoisotopic (exact) mass is 493 g/mol. The number of amides is 1. The first-order valence-electron chi connectivity index (χ1n) is 10.9. The first-order valence-corrected chi connectivity index (χ1v) is 11.9. The Hall–Kier alpha value is -3.79. The fourth-order valence-corrected chi connectivity index (χ4v) is 4.30. The number of halogens is 1. The minimum Gasteiger partial charge on any atom is -0.452 e. The van der Waals surface area contributed by atoms with E-state index in [9.17, 15) is 14.0 Å². The molecule has 1 amide bonds. The number of aromatic nitrogens is 4. The first-order chi connectivity index (χ1) is 16.8. The molecule has 10 heteroatoms. The quantitative estimate of drug-likeness (QED) is 0.271. The molecule has 0 unspecified atom stereocenters. The summed E-state index contributed by atoms with van der Waals surface area (Å²) >= 11 is 1.38. The summed E-state index contributed by atoms with van der Waals surface area (Å²) in [5.41, 5.74) is 3.27. The van der Waals surface area contributed by atoms with Gasteiger partial charge in [0.05, 0.1) is 5.56 Å². The molecule has 0 aliphatic carbocycles. The normalized spacial score (nSPS) is 11.0. The Balaban J connectivity index is 1.37. The van der Waals surface area contributed by atoms with E-state index < -0.39 is 24.3 Å². The molecule has 4 rings (SSSR count). The summed E-state index contributed by atoms with van der Waals surface area (Å²) in [5, 5.41) is 5.02. The summed E-state index contributed by atoms with van der Waals surface area (Å²) < 4.78 is 20.8. The van der Waals surface area contributed by atoms with Crippen molar-refractivity contribution in [3.63, 3.8) is 0 Å². The van der Waals surface area contributed by atoms with Gasteiger partial charge in [-0.2, -0.15) is 4.98 Å². The van der Waals surface area contributed by atoms with Crippen LogP contribution in [0.1, 0.15) is 32.9 Å². The van der Waals surface area contributed by atoms with E-state index in [0.717, 1.165) is 17.0 Å². The Bertz CT molecular complexity index is 1390. The maximum absolute atomic E-state index is 13.8. The molecule has 2 heterocycles. The summed E-state index contributed by atoms with van der Waals surface area (Å²) in [6.07, 6.45) is 0. The van der Waals surface area contributed by atoms with Gasteiger partial charge in [0.2, 0.25) is 5.16 Å². The van der Waals surface area contributed by atoms with Crippen molar-refractivity contribution < 1.29 is 18.7 Å². The van der Waals surface area contributed by atoms with Crippen LogP contribution in [0, 0.1) is 19.7 Å². The smallest absolute Gasteiger partial charge is 0.338 e. The highest BCUT2D eigenvalue weighted by Crippen LogP contribution is 2.23. The molecule has 0 spiro atoms. The Kier molecular flexibility index (Phi) is 7.40.